The molecule has 0 spiro atoms. The minimum Gasteiger partial charge on any atom is -0.288 e. The van der Waals surface area contributed by atoms with Crippen molar-refractivity contribution in [1.82, 2.24) is 4.98 Å². The van der Waals surface area contributed by atoms with Gasteiger partial charge >= 0.3 is 0 Å². The molecule has 1 aromatic heterocycles. The Labute approximate surface area is 70.5 Å². The average Bonchev–Trinajstić information content (AvgIpc) is 2.07. The van der Waals surface area contributed by atoms with Gasteiger partial charge in [0.15, 0.2) is 0 Å². The predicted molar refractivity (Wildman–Crippen MR) is 46.6 cm³/mol. The Morgan fingerprint density at radius 2 is 2.08 bits per heavy atom. The largest absolute Gasteiger partial charge is 0.288 e. The quantitative estimate of drug-likeness (QED) is 0.580. The zero-order chi connectivity index (χ0) is 8.55. The molecule has 0 aliphatic heterocycles. The molecule has 0 saturated carbocycles. The van der Waals surface area contributed by atoms with Gasteiger partial charge in [-0.1, -0.05) is 12.1 Å². The first-order valence-corrected chi connectivity index (χ1v) is 3.80. The molecule has 0 fully saturated rings. The van der Waals surface area contributed by atoms with Crippen molar-refractivity contribution in [3.05, 3.63) is 36.0 Å². The first-order valence-electron chi connectivity index (χ1n) is 3.80. The van der Waals surface area contributed by atoms with Gasteiger partial charge in [0.25, 0.3) is 0 Å². The van der Waals surface area contributed by atoms with Crippen LogP contribution < -0.4 is 0 Å². The summed E-state index contributed by atoms with van der Waals surface area (Å²) in [6.07, 6.45) is 1.67. The lowest BCUT2D eigenvalue weighted by molar-refractivity contribution is 0.359. The van der Waals surface area contributed by atoms with Gasteiger partial charge in [0.1, 0.15) is 5.52 Å². The second kappa shape index (κ2) is 2.48. The summed E-state index contributed by atoms with van der Waals surface area (Å²) in [5.74, 6) is -0.00352. The Hall–Kier alpha value is -1.57. The van der Waals surface area contributed by atoms with Gasteiger partial charge in [-0.25, -0.2) is 0 Å². The SMILES string of the molecule is Cc1ccnc2c([O])cccc12. The molecule has 0 aliphatic carbocycles. The van der Waals surface area contributed by atoms with E-state index in [0.717, 1.165) is 10.9 Å². The molecular formula is C10H8NO. The number of fused-ring (bicyclic) bond motifs is 1. The highest BCUT2D eigenvalue weighted by Crippen LogP contribution is 2.24. The Balaban J connectivity index is 2.94. The first kappa shape index (κ1) is 7.10. The van der Waals surface area contributed by atoms with Crippen molar-refractivity contribution in [2.45, 2.75) is 6.92 Å². The molecule has 2 rings (SSSR count). The van der Waals surface area contributed by atoms with Crippen molar-refractivity contribution in [2.75, 3.05) is 0 Å². The first-order chi connectivity index (χ1) is 5.79. The molecule has 0 bridgehead atoms. The van der Waals surface area contributed by atoms with Crippen molar-refractivity contribution >= 4 is 10.9 Å². The van der Waals surface area contributed by atoms with Crippen LogP contribution in [-0.4, -0.2) is 4.98 Å². The lowest BCUT2D eigenvalue weighted by atomic mass is 10.1. The summed E-state index contributed by atoms with van der Waals surface area (Å²) in [4.78, 5) is 4.03. The highest BCUT2D eigenvalue weighted by atomic mass is 16.3. The van der Waals surface area contributed by atoms with Gasteiger partial charge in [-0.05, 0) is 24.6 Å². The molecule has 0 amide bonds. The molecule has 2 nitrogen and oxygen atoms in total. The number of nitrogens with zero attached hydrogens (tertiary/aromatic N) is 1. The van der Waals surface area contributed by atoms with E-state index in [4.69, 9.17) is 0 Å². The van der Waals surface area contributed by atoms with E-state index in [1.807, 2.05) is 19.1 Å². The van der Waals surface area contributed by atoms with Crippen LogP contribution in [0.5, 0.6) is 5.75 Å². The van der Waals surface area contributed by atoms with Crippen LogP contribution in [0.25, 0.3) is 10.9 Å². The summed E-state index contributed by atoms with van der Waals surface area (Å²) < 4.78 is 0. The highest BCUT2D eigenvalue weighted by molar-refractivity contribution is 5.86. The number of pyridine rings is 1. The Kier molecular flexibility index (Phi) is 1.47. The number of hydrogen-bond acceptors (Lipinski definition) is 1. The zero-order valence-electron chi connectivity index (χ0n) is 6.74. The van der Waals surface area contributed by atoms with E-state index >= 15 is 0 Å². The molecule has 0 N–H and O–H groups in total. The summed E-state index contributed by atoms with van der Waals surface area (Å²) >= 11 is 0. The maximum atomic E-state index is 11.3. The minimum atomic E-state index is -0.00352. The van der Waals surface area contributed by atoms with E-state index in [1.165, 1.54) is 6.07 Å². The van der Waals surface area contributed by atoms with Crippen molar-refractivity contribution in [3.63, 3.8) is 0 Å². The molecule has 59 valence electrons. The maximum absolute atomic E-state index is 11.3. The number of hydrogen-bond donors (Lipinski definition) is 0. The van der Waals surface area contributed by atoms with Gasteiger partial charge < -0.3 is 0 Å². The van der Waals surface area contributed by atoms with E-state index < -0.39 is 0 Å². The molecule has 1 aromatic carbocycles. The van der Waals surface area contributed by atoms with Gasteiger partial charge in [-0.3, -0.25) is 10.1 Å². The van der Waals surface area contributed by atoms with E-state index in [-0.39, 0.29) is 5.75 Å². The summed E-state index contributed by atoms with van der Waals surface area (Å²) in [5.41, 5.74) is 1.66. The second-order valence-electron chi connectivity index (χ2n) is 2.78. The van der Waals surface area contributed by atoms with E-state index in [1.54, 1.807) is 12.3 Å². The van der Waals surface area contributed by atoms with Gasteiger partial charge in [0.2, 0.25) is 5.75 Å². The van der Waals surface area contributed by atoms with Crippen molar-refractivity contribution in [2.24, 2.45) is 0 Å². The molecule has 2 heteroatoms. The molecule has 0 atom stereocenters. The molecule has 0 unspecified atom stereocenters. The van der Waals surface area contributed by atoms with Gasteiger partial charge in [0.05, 0.1) is 0 Å². The molecule has 2 aromatic rings. The summed E-state index contributed by atoms with van der Waals surface area (Å²) in [5, 5.41) is 12.2. The average molecular weight is 158 g/mol. The Bertz CT molecular complexity index is 382. The van der Waals surface area contributed by atoms with Crippen LogP contribution >= 0.6 is 0 Å². The lowest BCUT2D eigenvalue weighted by Crippen LogP contribution is -1.81. The third kappa shape index (κ3) is 0.925. The number of benzene rings is 1. The van der Waals surface area contributed by atoms with Gasteiger partial charge in [-0.15, -0.1) is 0 Å². The number of aryl methyl sites for hydroxylation is 1. The van der Waals surface area contributed by atoms with Crippen molar-refractivity contribution in [1.29, 1.82) is 0 Å². The van der Waals surface area contributed by atoms with Crippen LogP contribution in [0.3, 0.4) is 0 Å². The van der Waals surface area contributed by atoms with Crippen molar-refractivity contribution in [3.8, 4) is 5.75 Å². The third-order valence-corrected chi connectivity index (χ3v) is 1.95. The fraction of sp³-hybridized carbons (Fsp3) is 0.100. The number of aromatic nitrogens is 1. The summed E-state index contributed by atoms with van der Waals surface area (Å²) in [7, 11) is 0. The smallest absolute Gasteiger partial charge is 0.204 e. The van der Waals surface area contributed by atoms with Crippen LogP contribution in [0.2, 0.25) is 0 Å². The van der Waals surface area contributed by atoms with Crippen LogP contribution in [0, 0.1) is 6.92 Å². The number of para-hydroxylation sites is 1. The Morgan fingerprint density at radius 3 is 2.83 bits per heavy atom. The monoisotopic (exact) mass is 158 g/mol. The van der Waals surface area contributed by atoms with Crippen LogP contribution in [0.1, 0.15) is 5.56 Å². The molecule has 1 radical (unpaired) electrons. The third-order valence-electron chi connectivity index (χ3n) is 1.95. The zero-order valence-corrected chi connectivity index (χ0v) is 6.74. The second-order valence-corrected chi connectivity index (χ2v) is 2.78. The molecule has 0 saturated heterocycles. The lowest BCUT2D eigenvalue weighted by Gasteiger charge is -1.99. The molecule has 0 aliphatic rings. The molecule has 12 heavy (non-hydrogen) atoms. The van der Waals surface area contributed by atoms with E-state index in [2.05, 4.69) is 4.98 Å². The van der Waals surface area contributed by atoms with Crippen molar-refractivity contribution < 1.29 is 5.11 Å². The summed E-state index contributed by atoms with van der Waals surface area (Å²) in [6, 6.07) is 7.12. The normalized spacial score (nSPS) is 10.4. The fourth-order valence-corrected chi connectivity index (χ4v) is 1.29. The Morgan fingerprint density at radius 1 is 1.25 bits per heavy atom. The molecular weight excluding hydrogens is 150 g/mol. The molecule has 1 heterocycles. The fourth-order valence-electron chi connectivity index (χ4n) is 1.29. The van der Waals surface area contributed by atoms with Gasteiger partial charge in [-0.2, -0.15) is 0 Å². The number of rotatable bonds is 0. The minimum absolute atomic E-state index is 0.00352. The predicted octanol–water partition coefficient (Wildman–Crippen LogP) is 2.69. The van der Waals surface area contributed by atoms with Gasteiger partial charge in [0, 0.05) is 11.6 Å². The van der Waals surface area contributed by atoms with Crippen LogP contribution in [0.4, 0.5) is 0 Å². The van der Waals surface area contributed by atoms with E-state index in [0.29, 0.717) is 5.52 Å². The standard InChI is InChI=1S/C10H8NO/c1-7-5-6-11-10-8(7)3-2-4-9(10)12/h2-6H,1H3. The maximum Gasteiger partial charge on any atom is 0.204 e. The van der Waals surface area contributed by atoms with Crippen LogP contribution in [-0.2, 0) is 5.11 Å². The highest BCUT2D eigenvalue weighted by Gasteiger charge is 2.02. The summed E-state index contributed by atoms with van der Waals surface area (Å²) in [6.45, 7) is 1.98. The van der Waals surface area contributed by atoms with E-state index in [9.17, 15) is 5.11 Å². The van der Waals surface area contributed by atoms with Crippen LogP contribution in [0.15, 0.2) is 30.5 Å². The topological polar surface area (TPSA) is 32.8 Å².